The minimum atomic E-state index is 0.769. The van der Waals surface area contributed by atoms with E-state index < -0.39 is 0 Å². The highest BCUT2D eigenvalue weighted by atomic mass is 15.4. The molecule has 0 spiro atoms. The molecule has 0 heterocycles. The van der Waals surface area contributed by atoms with E-state index >= 15 is 0 Å². The highest BCUT2D eigenvalue weighted by molar-refractivity contribution is 5.99. The van der Waals surface area contributed by atoms with Gasteiger partial charge in [-0.15, -0.1) is 0 Å². The van der Waals surface area contributed by atoms with Crippen molar-refractivity contribution >= 4 is 11.4 Å². The standard InChI is InChI=1S/C10H15N3/c1-8(12-13(2)3)9-5-4-6-10(11)7-9/h4-7H,11H2,1-3H3/b12-8-. The number of nitrogen functional groups attached to an aromatic ring is 1. The molecular formula is C10H15N3. The Bertz CT molecular complexity index is 316. The van der Waals surface area contributed by atoms with Crippen LogP contribution in [0.5, 0.6) is 0 Å². The van der Waals surface area contributed by atoms with Crippen molar-refractivity contribution in [2.45, 2.75) is 6.92 Å². The number of anilines is 1. The SMILES string of the molecule is C/C(=N/N(C)C)c1cccc(N)c1. The molecule has 1 aromatic carbocycles. The lowest BCUT2D eigenvalue weighted by Gasteiger charge is -2.07. The number of benzene rings is 1. The van der Waals surface area contributed by atoms with E-state index in [-0.39, 0.29) is 0 Å². The number of hydrazone groups is 1. The smallest absolute Gasteiger partial charge is 0.0647 e. The average molecular weight is 177 g/mol. The van der Waals surface area contributed by atoms with E-state index in [1.807, 2.05) is 45.3 Å². The van der Waals surface area contributed by atoms with Gasteiger partial charge < -0.3 is 10.7 Å². The van der Waals surface area contributed by atoms with Crippen LogP contribution >= 0.6 is 0 Å². The van der Waals surface area contributed by atoms with Gasteiger partial charge in [0.2, 0.25) is 0 Å². The van der Waals surface area contributed by atoms with Gasteiger partial charge in [-0.05, 0) is 24.6 Å². The van der Waals surface area contributed by atoms with Crippen molar-refractivity contribution < 1.29 is 0 Å². The van der Waals surface area contributed by atoms with Gasteiger partial charge in [0.1, 0.15) is 0 Å². The van der Waals surface area contributed by atoms with E-state index in [1.54, 1.807) is 5.01 Å². The minimum absolute atomic E-state index is 0.769. The molecule has 3 nitrogen and oxygen atoms in total. The van der Waals surface area contributed by atoms with Gasteiger partial charge in [0.15, 0.2) is 0 Å². The van der Waals surface area contributed by atoms with Crippen molar-refractivity contribution in [1.29, 1.82) is 0 Å². The lowest BCUT2D eigenvalue weighted by Crippen LogP contribution is -2.07. The van der Waals surface area contributed by atoms with Crippen LogP contribution in [0.15, 0.2) is 29.4 Å². The molecule has 1 aromatic rings. The number of nitrogens with zero attached hydrogens (tertiary/aromatic N) is 2. The first kappa shape index (κ1) is 9.58. The Labute approximate surface area is 78.9 Å². The van der Waals surface area contributed by atoms with Gasteiger partial charge in [-0.25, -0.2) is 0 Å². The van der Waals surface area contributed by atoms with Crippen LogP contribution in [0.2, 0.25) is 0 Å². The normalized spacial score (nSPS) is 11.5. The third-order valence-electron chi connectivity index (χ3n) is 1.65. The van der Waals surface area contributed by atoms with Gasteiger partial charge in [0.25, 0.3) is 0 Å². The molecule has 0 fully saturated rings. The summed E-state index contributed by atoms with van der Waals surface area (Å²) >= 11 is 0. The lowest BCUT2D eigenvalue weighted by molar-refractivity contribution is 0.438. The van der Waals surface area contributed by atoms with Gasteiger partial charge in [-0.2, -0.15) is 5.10 Å². The summed E-state index contributed by atoms with van der Waals surface area (Å²) in [5.41, 5.74) is 8.46. The van der Waals surface area contributed by atoms with Gasteiger partial charge in [0, 0.05) is 19.8 Å². The molecular weight excluding hydrogens is 162 g/mol. The van der Waals surface area contributed by atoms with Crippen LogP contribution in [-0.4, -0.2) is 24.8 Å². The van der Waals surface area contributed by atoms with Crippen LogP contribution in [0.25, 0.3) is 0 Å². The van der Waals surface area contributed by atoms with E-state index in [0.717, 1.165) is 17.0 Å². The van der Waals surface area contributed by atoms with Crippen molar-refractivity contribution in [3.05, 3.63) is 29.8 Å². The quantitative estimate of drug-likeness (QED) is 0.423. The second-order valence-corrected chi connectivity index (χ2v) is 3.16. The Morgan fingerprint density at radius 3 is 2.62 bits per heavy atom. The minimum Gasteiger partial charge on any atom is -0.399 e. The predicted molar refractivity (Wildman–Crippen MR) is 56.8 cm³/mol. The summed E-state index contributed by atoms with van der Waals surface area (Å²) in [6.45, 7) is 1.97. The molecule has 0 saturated heterocycles. The van der Waals surface area contributed by atoms with E-state index in [4.69, 9.17) is 5.73 Å². The van der Waals surface area contributed by atoms with Crippen molar-refractivity contribution in [3.8, 4) is 0 Å². The molecule has 0 aliphatic rings. The highest BCUT2D eigenvalue weighted by Gasteiger charge is 1.97. The third-order valence-corrected chi connectivity index (χ3v) is 1.65. The Kier molecular flexibility index (Phi) is 2.90. The first-order chi connectivity index (χ1) is 6.09. The Balaban J connectivity index is 2.95. The lowest BCUT2D eigenvalue weighted by atomic mass is 10.1. The summed E-state index contributed by atoms with van der Waals surface area (Å²) in [7, 11) is 3.80. The summed E-state index contributed by atoms with van der Waals surface area (Å²) in [5.74, 6) is 0. The zero-order valence-electron chi connectivity index (χ0n) is 8.28. The van der Waals surface area contributed by atoms with Crippen LogP contribution in [0.1, 0.15) is 12.5 Å². The van der Waals surface area contributed by atoms with Gasteiger partial charge in [-0.1, -0.05) is 12.1 Å². The third kappa shape index (κ3) is 2.78. The van der Waals surface area contributed by atoms with E-state index in [1.165, 1.54) is 0 Å². The molecule has 13 heavy (non-hydrogen) atoms. The summed E-state index contributed by atoms with van der Waals surface area (Å²) in [6.07, 6.45) is 0. The highest BCUT2D eigenvalue weighted by Crippen LogP contribution is 2.07. The number of nitrogens with two attached hydrogens (primary N) is 1. The van der Waals surface area contributed by atoms with Crippen molar-refractivity contribution in [1.82, 2.24) is 5.01 Å². The van der Waals surface area contributed by atoms with E-state index in [0.29, 0.717) is 0 Å². The zero-order chi connectivity index (χ0) is 9.84. The second-order valence-electron chi connectivity index (χ2n) is 3.16. The van der Waals surface area contributed by atoms with Crippen molar-refractivity contribution in [2.75, 3.05) is 19.8 Å². The van der Waals surface area contributed by atoms with Crippen LogP contribution in [0.4, 0.5) is 5.69 Å². The summed E-state index contributed by atoms with van der Waals surface area (Å²) < 4.78 is 0. The molecule has 0 atom stereocenters. The summed E-state index contributed by atoms with van der Waals surface area (Å²) in [4.78, 5) is 0. The van der Waals surface area contributed by atoms with Crippen LogP contribution in [0, 0.1) is 0 Å². The number of hydrogen-bond acceptors (Lipinski definition) is 3. The van der Waals surface area contributed by atoms with Gasteiger partial charge >= 0.3 is 0 Å². The fourth-order valence-corrected chi connectivity index (χ4v) is 1.12. The molecule has 70 valence electrons. The number of hydrogen-bond donors (Lipinski definition) is 1. The Hall–Kier alpha value is -1.51. The average Bonchev–Trinajstić information content (AvgIpc) is 2.03. The summed E-state index contributed by atoms with van der Waals surface area (Å²) in [6, 6.07) is 7.72. The van der Waals surface area contributed by atoms with Crippen LogP contribution in [0.3, 0.4) is 0 Å². The van der Waals surface area contributed by atoms with Crippen molar-refractivity contribution in [3.63, 3.8) is 0 Å². The molecule has 3 heteroatoms. The van der Waals surface area contributed by atoms with Crippen molar-refractivity contribution in [2.24, 2.45) is 5.10 Å². The molecule has 0 aliphatic carbocycles. The van der Waals surface area contributed by atoms with Gasteiger partial charge in [0.05, 0.1) is 5.71 Å². The maximum absolute atomic E-state index is 5.66. The fraction of sp³-hybridized carbons (Fsp3) is 0.300. The topological polar surface area (TPSA) is 41.6 Å². The fourth-order valence-electron chi connectivity index (χ4n) is 1.12. The van der Waals surface area contributed by atoms with Crippen LogP contribution in [-0.2, 0) is 0 Å². The number of rotatable bonds is 2. The maximum Gasteiger partial charge on any atom is 0.0647 e. The maximum atomic E-state index is 5.66. The zero-order valence-corrected chi connectivity index (χ0v) is 8.28. The molecule has 0 amide bonds. The Morgan fingerprint density at radius 1 is 1.38 bits per heavy atom. The van der Waals surface area contributed by atoms with E-state index in [2.05, 4.69) is 5.10 Å². The molecule has 0 unspecified atom stereocenters. The second kappa shape index (κ2) is 3.94. The molecule has 2 N–H and O–H groups in total. The molecule has 0 bridgehead atoms. The Morgan fingerprint density at radius 2 is 2.08 bits per heavy atom. The molecule has 0 aliphatic heterocycles. The predicted octanol–water partition coefficient (Wildman–Crippen LogP) is 1.55. The first-order valence-electron chi connectivity index (χ1n) is 4.18. The first-order valence-corrected chi connectivity index (χ1v) is 4.18. The molecule has 0 saturated carbocycles. The molecule has 0 radical (unpaired) electrons. The van der Waals surface area contributed by atoms with Crippen LogP contribution < -0.4 is 5.73 Å². The monoisotopic (exact) mass is 177 g/mol. The molecule has 0 aromatic heterocycles. The van der Waals surface area contributed by atoms with Gasteiger partial charge in [-0.3, -0.25) is 0 Å². The largest absolute Gasteiger partial charge is 0.399 e. The molecule has 1 rings (SSSR count). The summed E-state index contributed by atoms with van der Waals surface area (Å²) in [5, 5.41) is 6.06. The van der Waals surface area contributed by atoms with E-state index in [9.17, 15) is 0 Å².